The first kappa shape index (κ1) is 16.0. The largest absolute Gasteiger partial charge is 0.358 e. The summed E-state index contributed by atoms with van der Waals surface area (Å²) in [6, 6.07) is 6.07. The van der Waals surface area contributed by atoms with Crippen molar-refractivity contribution in [1.29, 1.82) is 0 Å². The molecule has 2 N–H and O–H groups in total. The highest BCUT2D eigenvalue weighted by atomic mass is 32.2. The summed E-state index contributed by atoms with van der Waals surface area (Å²) >= 11 is 1.91. The lowest BCUT2D eigenvalue weighted by atomic mass is 10.1. The van der Waals surface area contributed by atoms with Crippen molar-refractivity contribution in [3.63, 3.8) is 0 Å². The van der Waals surface area contributed by atoms with E-state index in [0.29, 0.717) is 0 Å². The van der Waals surface area contributed by atoms with Gasteiger partial charge in [0.15, 0.2) is 0 Å². The zero-order valence-electron chi connectivity index (χ0n) is 13.2. The number of aryl methyl sites for hydroxylation is 2. The summed E-state index contributed by atoms with van der Waals surface area (Å²) in [6.45, 7) is 8.37. The van der Waals surface area contributed by atoms with E-state index in [1.165, 1.54) is 5.56 Å². The van der Waals surface area contributed by atoms with E-state index in [9.17, 15) is 4.79 Å². The SMILES string of the molecule is CCSCCC(C)NC(=O)c1ccc2[nH]c(C)c(C)c2c1. The Morgan fingerprint density at radius 3 is 2.86 bits per heavy atom. The first-order valence-electron chi connectivity index (χ1n) is 7.50. The van der Waals surface area contributed by atoms with Crippen LogP contribution in [-0.4, -0.2) is 28.4 Å². The normalized spacial score (nSPS) is 12.6. The van der Waals surface area contributed by atoms with Gasteiger partial charge in [-0.15, -0.1) is 0 Å². The average Bonchev–Trinajstić information content (AvgIpc) is 2.74. The smallest absolute Gasteiger partial charge is 0.251 e. The lowest BCUT2D eigenvalue weighted by molar-refractivity contribution is 0.0939. The molecule has 1 amide bonds. The van der Waals surface area contributed by atoms with Gasteiger partial charge in [0.05, 0.1) is 0 Å². The molecular weight excluding hydrogens is 280 g/mol. The van der Waals surface area contributed by atoms with E-state index in [4.69, 9.17) is 0 Å². The number of aromatic amines is 1. The molecule has 2 rings (SSSR count). The molecule has 4 heteroatoms. The van der Waals surface area contributed by atoms with Gasteiger partial charge in [-0.05, 0) is 62.5 Å². The number of nitrogens with one attached hydrogen (secondary N) is 2. The molecule has 0 fully saturated rings. The Morgan fingerprint density at radius 2 is 2.14 bits per heavy atom. The molecule has 1 unspecified atom stereocenters. The quantitative estimate of drug-likeness (QED) is 0.791. The first-order chi connectivity index (χ1) is 10.0. The molecule has 3 nitrogen and oxygen atoms in total. The molecule has 0 aliphatic heterocycles. The number of amides is 1. The molecule has 0 spiro atoms. The maximum absolute atomic E-state index is 12.3. The topological polar surface area (TPSA) is 44.9 Å². The summed E-state index contributed by atoms with van der Waals surface area (Å²) < 4.78 is 0. The summed E-state index contributed by atoms with van der Waals surface area (Å²) in [5.74, 6) is 2.24. The Balaban J connectivity index is 2.07. The lowest BCUT2D eigenvalue weighted by Crippen LogP contribution is -2.32. The molecule has 0 saturated carbocycles. The van der Waals surface area contributed by atoms with Crippen molar-refractivity contribution in [2.45, 2.75) is 40.2 Å². The molecule has 0 aliphatic carbocycles. The van der Waals surface area contributed by atoms with Gasteiger partial charge >= 0.3 is 0 Å². The van der Waals surface area contributed by atoms with Crippen LogP contribution in [0.1, 0.15) is 41.9 Å². The van der Waals surface area contributed by atoms with Crippen molar-refractivity contribution in [2.75, 3.05) is 11.5 Å². The van der Waals surface area contributed by atoms with E-state index < -0.39 is 0 Å². The number of aromatic nitrogens is 1. The van der Waals surface area contributed by atoms with Gasteiger partial charge in [0.25, 0.3) is 5.91 Å². The highest BCUT2D eigenvalue weighted by molar-refractivity contribution is 7.99. The second-order valence-electron chi connectivity index (χ2n) is 5.50. The van der Waals surface area contributed by atoms with Crippen LogP contribution in [0.3, 0.4) is 0 Å². The molecule has 1 aromatic carbocycles. The summed E-state index contributed by atoms with van der Waals surface area (Å²) in [7, 11) is 0. The number of hydrogen-bond donors (Lipinski definition) is 2. The van der Waals surface area contributed by atoms with Crippen LogP contribution in [0.5, 0.6) is 0 Å². The van der Waals surface area contributed by atoms with Crippen LogP contribution in [0.2, 0.25) is 0 Å². The zero-order chi connectivity index (χ0) is 15.4. The fourth-order valence-corrected chi connectivity index (χ4v) is 3.20. The summed E-state index contributed by atoms with van der Waals surface area (Å²) in [5.41, 5.74) is 4.20. The molecule has 0 bridgehead atoms. The fraction of sp³-hybridized carbons (Fsp3) is 0.471. The molecule has 114 valence electrons. The second-order valence-corrected chi connectivity index (χ2v) is 6.89. The number of benzene rings is 1. The highest BCUT2D eigenvalue weighted by Gasteiger charge is 2.12. The Kier molecular flexibility index (Phi) is 5.34. The van der Waals surface area contributed by atoms with Crippen LogP contribution in [0.25, 0.3) is 10.9 Å². The Bertz CT molecular complexity index is 633. The van der Waals surface area contributed by atoms with Gasteiger partial charge in [-0.3, -0.25) is 4.79 Å². The standard InChI is InChI=1S/C17H24N2OS/c1-5-21-9-8-11(2)18-17(20)14-6-7-16-15(10-14)12(3)13(4)19-16/h6-7,10-11,19H,5,8-9H2,1-4H3,(H,18,20). The predicted octanol–water partition coefficient (Wildman–Crippen LogP) is 4.05. The van der Waals surface area contributed by atoms with Crippen molar-refractivity contribution in [1.82, 2.24) is 10.3 Å². The van der Waals surface area contributed by atoms with Crippen LogP contribution in [-0.2, 0) is 0 Å². The molecule has 1 heterocycles. The van der Waals surface area contributed by atoms with Gasteiger partial charge in [-0.1, -0.05) is 6.92 Å². The van der Waals surface area contributed by atoms with Gasteiger partial charge in [-0.25, -0.2) is 0 Å². The summed E-state index contributed by atoms with van der Waals surface area (Å²) in [6.07, 6.45) is 1.01. The average molecular weight is 304 g/mol. The number of carbonyl (C=O) groups is 1. The predicted molar refractivity (Wildman–Crippen MR) is 92.3 cm³/mol. The third kappa shape index (κ3) is 3.82. The molecule has 0 saturated heterocycles. The summed E-state index contributed by atoms with van der Waals surface area (Å²) in [4.78, 5) is 15.7. The van der Waals surface area contributed by atoms with Gasteiger partial charge in [0, 0.05) is 28.2 Å². The number of rotatable bonds is 6. The molecule has 0 aliphatic rings. The lowest BCUT2D eigenvalue weighted by Gasteiger charge is -2.13. The third-order valence-electron chi connectivity index (χ3n) is 3.85. The van der Waals surface area contributed by atoms with E-state index in [0.717, 1.165) is 40.1 Å². The second kappa shape index (κ2) is 7.03. The summed E-state index contributed by atoms with van der Waals surface area (Å²) in [5, 5.41) is 4.22. The molecule has 1 atom stereocenters. The monoisotopic (exact) mass is 304 g/mol. The van der Waals surface area contributed by atoms with Crippen molar-refractivity contribution in [3.8, 4) is 0 Å². The number of carbonyl (C=O) groups excluding carboxylic acids is 1. The zero-order valence-corrected chi connectivity index (χ0v) is 14.1. The van der Waals surface area contributed by atoms with Crippen molar-refractivity contribution >= 4 is 28.6 Å². The Morgan fingerprint density at radius 1 is 1.38 bits per heavy atom. The minimum absolute atomic E-state index is 0.0177. The molecular formula is C17H24N2OS. The van der Waals surface area contributed by atoms with Crippen LogP contribution in [0.4, 0.5) is 0 Å². The van der Waals surface area contributed by atoms with Gasteiger partial charge in [-0.2, -0.15) is 11.8 Å². The minimum atomic E-state index is 0.0177. The molecule has 2 aromatic rings. The molecule has 21 heavy (non-hydrogen) atoms. The number of thioether (sulfide) groups is 1. The first-order valence-corrected chi connectivity index (χ1v) is 8.66. The Hall–Kier alpha value is -1.42. The van der Waals surface area contributed by atoms with E-state index in [-0.39, 0.29) is 11.9 Å². The molecule has 0 radical (unpaired) electrons. The van der Waals surface area contributed by atoms with Crippen LogP contribution >= 0.6 is 11.8 Å². The Labute approximate surface area is 130 Å². The van der Waals surface area contributed by atoms with E-state index in [1.54, 1.807) is 0 Å². The van der Waals surface area contributed by atoms with Gasteiger partial charge < -0.3 is 10.3 Å². The van der Waals surface area contributed by atoms with Crippen LogP contribution < -0.4 is 5.32 Å². The minimum Gasteiger partial charge on any atom is -0.358 e. The van der Waals surface area contributed by atoms with E-state index >= 15 is 0 Å². The van der Waals surface area contributed by atoms with Gasteiger partial charge in [0.1, 0.15) is 0 Å². The maximum Gasteiger partial charge on any atom is 0.251 e. The van der Waals surface area contributed by atoms with Crippen molar-refractivity contribution < 1.29 is 4.79 Å². The number of H-pyrrole nitrogens is 1. The van der Waals surface area contributed by atoms with Crippen LogP contribution in [0, 0.1) is 13.8 Å². The molecule has 1 aromatic heterocycles. The number of fused-ring (bicyclic) bond motifs is 1. The fourth-order valence-electron chi connectivity index (χ4n) is 2.39. The third-order valence-corrected chi connectivity index (χ3v) is 4.78. The van der Waals surface area contributed by atoms with Crippen molar-refractivity contribution in [2.24, 2.45) is 0 Å². The van der Waals surface area contributed by atoms with Crippen LogP contribution in [0.15, 0.2) is 18.2 Å². The van der Waals surface area contributed by atoms with Gasteiger partial charge in [0.2, 0.25) is 0 Å². The van der Waals surface area contributed by atoms with E-state index in [1.807, 2.05) is 30.0 Å². The van der Waals surface area contributed by atoms with Crippen molar-refractivity contribution in [3.05, 3.63) is 35.0 Å². The maximum atomic E-state index is 12.3. The highest BCUT2D eigenvalue weighted by Crippen LogP contribution is 2.22. The van der Waals surface area contributed by atoms with E-state index in [2.05, 4.69) is 38.0 Å². The number of hydrogen-bond acceptors (Lipinski definition) is 2.